The van der Waals surface area contributed by atoms with Crippen LogP contribution in [0.1, 0.15) is 48.1 Å². The molecule has 5 aromatic carbocycles. The molecule has 0 saturated heterocycles. The maximum atomic E-state index is 15.0. The largest absolute Gasteiger partial charge is 0.481 e. The van der Waals surface area contributed by atoms with E-state index in [0.717, 1.165) is 5.56 Å². The number of carbonyl (C=O) groups is 5. The number of carboxylic acid groups (broad SMARTS) is 2. The van der Waals surface area contributed by atoms with Gasteiger partial charge in [0.05, 0.1) is 6.42 Å². The van der Waals surface area contributed by atoms with E-state index in [-0.39, 0.29) is 12.5 Å². The van der Waals surface area contributed by atoms with Crippen LogP contribution >= 0.6 is 17.4 Å². The van der Waals surface area contributed by atoms with Crippen LogP contribution in [0.15, 0.2) is 152 Å². The molecule has 5 rings (SSSR count). The summed E-state index contributed by atoms with van der Waals surface area (Å²) < 4.78 is 41.3. The van der Waals surface area contributed by atoms with Crippen LogP contribution in [0.5, 0.6) is 0 Å². The van der Waals surface area contributed by atoms with Gasteiger partial charge in [0.15, 0.2) is 28.6 Å². The molecule has 0 fully saturated rings. The summed E-state index contributed by atoms with van der Waals surface area (Å²) in [7, 11) is -3.60. The number of carbonyl (C=O) groups excluding carboxylic acids is 3. The smallest absolute Gasteiger partial charge is 0.408 e. The first-order valence-electron chi connectivity index (χ1n) is 18.6. The summed E-state index contributed by atoms with van der Waals surface area (Å²) >= 11 is 0. The Morgan fingerprint density at radius 2 is 0.950 bits per heavy atom. The summed E-state index contributed by atoms with van der Waals surface area (Å²) in [5.74, 6) is -4.56. The first-order chi connectivity index (χ1) is 28.9. The second-order valence-corrected chi connectivity index (χ2v) is 14.4. The van der Waals surface area contributed by atoms with E-state index in [1.54, 1.807) is 135 Å². The molecule has 2 unspecified atom stereocenters. The third-order valence-electron chi connectivity index (χ3n) is 9.24. The van der Waals surface area contributed by atoms with E-state index < -0.39 is 76.8 Å². The van der Waals surface area contributed by atoms with Crippen LogP contribution in [0.25, 0.3) is 0 Å². The van der Waals surface area contributed by atoms with Crippen LogP contribution in [-0.2, 0) is 59.9 Å². The Morgan fingerprint density at radius 3 is 1.27 bits per heavy atom. The zero-order chi connectivity index (χ0) is 43.5. The fraction of sp³-hybridized carbons (Fsp3) is 0.205. The number of ether oxygens (including phenoxy) is 1. The average Bonchev–Trinajstić information content (AvgIpc) is 3.27. The molecule has 0 aliphatic carbocycles. The topological polar surface area (TPSA) is 212 Å². The van der Waals surface area contributed by atoms with Crippen molar-refractivity contribution in [2.75, 3.05) is 0 Å². The number of carboxylic acids is 2. The molecule has 16 heteroatoms. The molecule has 0 aliphatic rings. The molecule has 0 heterocycles. The molecule has 0 saturated carbocycles. The summed E-state index contributed by atoms with van der Waals surface area (Å²) in [5, 5.41) is 22.2. The number of ketones is 1. The fourth-order valence-electron chi connectivity index (χ4n) is 6.38. The molecule has 2 amide bonds. The van der Waals surface area contributed by atoms with E-state index in [2.05, 4.69) is 10.6 Å². The second-order valence-electron chi connectivity index (χ2n) is 13.5. The Hall–Kier alpha value is -6.17. The fourth-order valence-corrected chi connectivity index (χ4v) is 7.43. The Bertz CT molecular complexity index is 2020. The summed E-state index contributed by atoms with van der Waals surface area (Å²) in [6.07, 6.45) is -1.61. The number of Topliss-reactive ketones (excluding diaryl/α,β-unsaturated/α-hetero) is 1. The van der Waals surface area contributed by atoms with Gasteiger partial charge in [0, 0.05) is 0 Å². The van der Waals surface area contributed by atoms with Crippen molar-refractivity contribution in [3.63, 3.8) is 0 Å². The maximum absolute atomic E-state index is 15.0. The predicted molar refractivity (Wildman–Crippen MR) is 226 cm³/mol. The first-order valence-corrected chi connectivity index (χ1v) is 20.5. The number of amides is 2. The Labute approximate surface area is 349 Å². The number of rotatable bonds is 19. The lowest BCUT2D eigenvalue weighted by Gasteiger charge is -2.40. The lowest BCUT2D eigenvalue weighted by Crippen LogP contribution is -2.54. The van der Waals surface area contributed by atoms with Crippen LogP contribution in [0.2, 0.25) is 0 Å². The summed E-state index contributed by atoms with van der Waals surface area (Å²) in [6.45, 7) is 3.30. The van der Waals surface area contributed by atoms with Crippen LogP contribution < -0.4 is 10.6 Å². The maximum Gasteiger partial charge on any atom is 0.408 e. The summed E-state index contributed by atoms with van der Waals surface area (Å²) in [4.78, 5) is 60.9. The van der Waals surface area contributed by atoms with Gasteiger partial charge in [-0.25, -0.2) is 9.59 Å². The van der Waals surface area contributed by atoms with Crippen LogP contribution in [0.3, 0.4) is 0 Å². The van der Waals surface area contributed by atoms with Gasteiger partial charge in [-0.2, -0.15) is 0 Å². The molecule has 14 nitrogen and oxygen atoms in total. The molecule has 4 N–H and O–H groups in total. The van der Waals surface area contributed by atoms with Gasteiger partial charge in [-0.05, 0) is 33.7 Å². The third kappa shape index (κ3) is 11.7. The zero-order valence-electron chi connectivity index (χ0n) is 32.7. The van der Waals surface area contributed by atoms with Gasteiger partial charge in [-0.1, -0.05) is 166 Å². The van der Waals surface area contributed by atoms with E-state index in [1.807, 2.05) is 30.3 Å². The highest BCUT2D eigenvalue weighted by Gasteiger charge is 2.56. The van der Waals surface area contributed by atoms with Crippen molar-refractivity contribution in [2.24, 2.45) is 5.92 Å². The number of hydrogen-bond acceptors (Lipinski definition) is 10. The van der Waals surface area contributed by atoms with Gasteiger partial charge in [0.1, 0.15) is 18.7 Å². The van der Waals surface area contributed by atoms with Gasteiger partial charge in [-0.3, -0.25) is 23.5 Å². The highest BCUT2D eigenvalue weighted by Crippen LogP contribution is 2.48. The number of aliphatic carboxylic acids is 2. The highest BCUT2D eigenvalue weighted by atomic mass is 31.1. The van der Waals surface area contributed by atoms with Gasteiger partial charge in [-0.15, -0.1) is 0 Å². The number of benzene rings is 5. The zero-order valence-corrected chi connectivity index (χ0v) is 35.0. The number of nitrogens with one attached hydrogen (secondary N) is 2. The van der Waals surface area contributed by atoms with Crippen molar-refractivity contribution in [1.29, 1.82) is 0 Å². The normalized spacial score (nSPS) is 12.6. The minimum Gasteiger partial charge on any atom is -0.481 e. The quantitative estimate of drug-likeness (QED) is 0.0632. The lowest BCUT2D eigenvalue weighted by atomic mass is 9.71. The third-order valence-corrected chi connectivity index (χ3v) is 10.1. The average molecular weight is 857 g/mol. The lowest BCUT2D eigenvalue weighted by molar-refractivity contribution is -0.147. The summed E-state index contributed by atoms with van der Waals surface area (Å²) in [6, 6.07) is 41.9. The van der Waals surface area contributed by atoms with Crippen molar-refractivity contribution in [1.82, 2.24) is 10.6 Å². The highest BCUT2D eigenvalue weighted by molar-refractivity contribution is 7.17. The van der Waals surface area contributed by atoms with Crippen molar-refractivity contribution in [3.05, 3.63) is 179 Å². The van der Waals surface area contributed by atoms with Gasteiger partial charge >= 0.3 is 18.0 Å². The molecular weight excluding hydrogens is 810 g/mol. The van der Waals surface area contributed by atoms with E-state index in [4.69, 9.17) is 24.0 Å². The molecule has 4 atom stereocenters. The molecule has 0 bridgehead atoms. The van der Waals surface area contributed by atoms with Gasteiger partial charge in [0.25, 0.3) is 0 Å². The first kappa shape index (κ1) is 46.5. The van der Waals surface area contributed by atoms with E-state index in [1.165, 1.54) is 0 Å². The van der Waals surface area contributed by atoms with Crippen molar-refractivity contribution < 1.29 is 57.1 Å². The van der Waals surface area contributed by atoms with Gasteiger partial charge in [0.2, 0.25) is 11.7 Å². The second kappa shape index (κ2) is 22.8. The van der Waals surface area contributed by atoms with Crippen molar-refractivity contribution >= 4 is 47.1 Å². The minimum absolute atomic E-state index is 0.00979. The summed E-state index contributed by atoms with van der Waals surface area (Å²) in [5.41, 5.74) is -0.809. The molecule has 314 valence electrons. The SMILES string of the molecule is CC(C)[C@H](NC(=O)OCc1ccccc1)C(=O)N[C@H](CC(=O)O)C(=O)O.O=[PH2]OC(C(=O)C(O[PH2]=O)(c1ccccc1)c1ccccc1)(c1ccccc1)c1ccccc1. The van der Waals surface area contributed by atoms with Crippen LogP contribution in [-0.4, -0.2) is 52.0 Å². The van der Waals surface area contributed by atoms with Crippen molar-refractivity contribution in [3.8, 4) is 0 Å². The predicted octanol–water partition coefficient (Wildman–Crippen LogP) is 6.80. The van der Waals surface area contributed by atoms with Gasteiger partial charge < -0.3 is 34.6 Å². The van der Waals surface area contributed by atoms with Crippen LogP contribution in [0.4, 0.5) is 4.79 Å². The Morgan fingerprint density at radius 1 is 0.583 bits per heavy atom. The Balaban J connectivity index is 0.000000276. The van der Waals surface area contributed by atoms with E-state index in [9.17, 15) is 33.1 Å². The van der Waals surface area contributed by atoms with Crippen molar-refractivity contribution in [2.45, 2.75) is 50.2 Å². The van der Waals surface area contributed by atoms with Crippen LogP contribution in [0, 0.1) is 5.92 Å². The minimum atomic E-state index is -1.80. The molecule has 0 aliphatic heterocycles. The molecule has 5 aromatic rings. The molecule has 60 heavy (non-hydrogen) atoms. The molecule has 0 radical (unpaired) electrons. The van der Waals surface area contributed by atoms with E-state index >= 15 is 0 Å². The standard InChI is InChI=1S/C27H24O5P2.C17H22N2O7/c28-25(26(31-33-29,21-13-5-1-6-14-21)22-15-7-2-8-16-22)27(32-34-30,23-17-9-3-10-18-23)24-19-11-4-12-20-24;1-10(2)14(15(22)18-12(16(23)24)8-13(20)21)19-17(25)26-9-11-6-4-3-5-7-11/h1-20H,33-34H2;3-7,10,12,14H,8-9H2,1-2H3,(H,18,22)(H,19,25)(H,20,21)(H,23,24)/t;12-,14+/m.1/s1. The number of alkyl carbamates (subject to hydrolysis) is 1. The molecule has 0 spiro atoms. The van der Waals surface area contributed by atoms with E-state index in [0.29, 0.717) is 22.3 Å². The Kier molecular flexibility index (Phi) is 17.7. The monoisotopic (exact) mass is 856 g/mol. The number of hydrogen-bond donors (Lipinski definition) is 4. The molecule has 0 aromatic heterocycles. The molecular formula is C44H46N2O12P2.